The molecule has 0 radical (unpaired) electrons. The van der Waals surface area contributed by atoms with Gasteiger partial charge in [-0.2, -0.15) is 5.10 Å². The second-order valence-corrected chi connectivity index (χ2v) is 6.03. The van der Waals surface area contributed by atoms with Crippen LogP contribution in [0, 0.1) is 0 Å². The zero-order chi connectivity index (χ0) is 14.8. The number of rotatable bonds is 4. The van der Waals surface area contributed by atoms with Crippen molar-refractivity contribution in [3.05, 3.63) is 18.5 Å². The molecule has 6 heteroatoms. The van der Waals surface area contributed by atoms with Crippen LogP contribution in [0.25, 0.3) is 0 Å². The minimum Gasteiger partial charge on any atom is -0.339 e. The zero-order valence-electron chi connectivity index (χ0n) is 13.0. The fraction of sp³-hybridized carbons (Fsp3) is 0.733. The van der Waals surface area contributed by atoms with Gasteiger partial charge in [0.25, 0.3) is 0 Å². The highest BCUT2D eigenvalue weighted by Gasteiger charge is 2.36. The van der Waals surface area contributed by atoms with E-state index in [9.17, 15) is 4.79 Å². The Kier molecular flexibility index (Phi) is 4.26. The number of nitrogens with zero attached hydrogens (tertiary/aromatic N) is 5. The molecule has 6 nitrogen and oxygen atoms in total. The number of amides is 1. The van der Waals surface area contributed by atoms with E-state index in [1.54, 1.807) is 0 Å². The standard InChI is InChI=1S/C15H25N5O/c1-3-17-7-9-18(10-8-17)15(21)13(2)19-11-14(12-19)20-6-4-5-16-20/h4-6,13-14H,3,7-12H2,1-2H3. The average molecular weight is 291 g/mol. The summed E-state index contributed by atoms with van der Waals surface area (Å²) >= 11 is 0. The molecule has 0 saturated carbocycles. The summed E-state index contributed by atoms with van der Waals surface area (Å²) in [5.74, 6) is 0.282. The van der Waals surface area contributed by atoms with E-state index in [0.717, 1.165) is 45.8 Å². The Morgan fingerprint density at radius 3 is 2.57 bits per heavy atom. The van der Waals surface area contributed by atoms with Gasteiger partial charge in [-0.05, 0) is 19.5 Å². The van der Waals surface area contributed by atoms with Crippen LogP contribution in [0.2, 0.25) is 0 Å². The van der Waals surface area contributed by atoms with Crippen LogP contribution < -0.4 is 0 Å². The molecule has 2 saturated heterocycles. The van der Waals surface area contributed by atoms with Gasteiger partial charge < -0.3 is 9.80 Å². The summed E-state index contributed by atoms with van der Waals surface area (Å²) in [5, 5.41) is 4.27. The first kappa shape index (κ1) is 14.5. The Morgan fingerprint density at radius 1 is 1.29 bits per heavy atom. The van der Waals surface area contributed by atoms with E-state index in [4.69, 9.17) is 0 Å². The maximum absolute atomic E-state index is 12.6. The van der Waals surface area contributed by atoms with Crippen LogP contribution in [0.15, 0.2) is 18.5 Å². The van der Waals surface area contributed by atoms with E-state index in [2.05, 4.69) is 21.8 Å². The summed E-state index contributed by atoms with van der Waals surface area (Å²) in [6.07, 6.45) is 3.81. The molecule has 2 fully saturated rings. The first-order valence-corrected chi connectivity index (χ1v) is 7.93. The molecule has 3 rings (SSSR count). The van der Waals surface area contributed by atoms with Crippen LogP contribution in [0.1, 0.15) is 19.9 Å². The number of aromatic nitrogens is 2. The van der Waals surface area contributed by atoms with Crippen molar-refractivity contribution in [2.45, 2.75) is 25.9 Å². The first-order valence-electron chi connectivity index (χ1n) is 7.93. The van der Waals surface area contributed by atoms with Crippen molar-refractivity contribution in [3.63, 3.8) is 0 Å². The maximum Gasteiger partial charge on any atom is 0.239 e. The van der Waals surface area contributed by atoms with Crippen LogP contribution in [-0.2, 0) is 4.79 Å². The minimum atomic E-state index is -0.00927. The lowest BCUT2D eigenvalue weighted by atomic mass is 10.1. The lowest BCUT2D eigenvalue weighted by Gasteiger charge is -2.44. The topological polar surface area (TPSA) is 44.6 Å². The highest BCUT2D eigenvalue weighted by Crippen LogP contribution is 2.23. The number of carbonyl (C=O) groups is 1. The van der Waals surface area contributed by atoms with Crippen LogP contribution in [0.5, 0.6) is 0 Å². The number of carbonyl (C=O) groups excluding carboxylic acids is 1. The number of likely N-dealkylation sites (tertiary alicyclic amines) is 1. The Bertz CT molecular complexity index is 460. The van der Waals surface area contributed by atoms with Crippen molar-refractivity contribution in [2.24, 2.45) is 0 Å². The average Bonchev–Trinajstić information content (AvgIpc) is 2.99. The Hall–Kier alpha value is -1.40. The van der Waals surface area contributed by atoms with Crippen LogP contribution in [0.3, 0.4) is 0 Å². The third-order valence-corrected chi connectivity index (χ3v) is 4.83. The van der Waals surface area contributed by atoms with Crippen molar-refractivity contribution < 1.29 is 4.79 Å². The molecule has 21 heavy (non-hydrogen) atoms. The minimum absolute atomic E-state index is 0.00927. The molecule has 0 aromatic carbocycles. The fourth-order valence-corrected chi connectivity index (χ4v) is 3.17. The third-order valence-electron chi connectivity index (χ3n) is 4.83. The second kappa shape index (κ2) is 6.15. The SMILES string of the molecule is CCN1CCN(C(=O)C(C)N2CC(n3cccn3)C2)CC1. The number of hydrogen-bond acceptors (Lipinski definition) is 4. The predicted molar refractivity (Wildman–Crippen MR) is 81.0 cm³/mol. The van der Waals surface area contributed by atoms with E-state index in [-0.39, 0.29) is 11.9 Å². The lowest BCUT2D eigenvalue weighted by Crippen LogP contribution is -2.59. The van der Waals surface area contributed by atoms with Crippen molar-refractivity contribution in [1.82, 2.24) is 24.5 Å². The summed E-state index contributed by atoms with van der Waals surface area (Å²) in [6, 6.07) is 2.36. The first-order chi connectivity index (χ1) is 10.2. The summed E-state index contributed by atoms with van der Waals surface area (Å²) < 4.78 is 1.99. The Balaban J connectivity index is 1.48. The molecule has 0 spiro atoms. The highest BCUT2D eigenvalue weighted by atomic mass is 16.2. The normalized spacial score (nSPS) is 23.0. The van der Waals surface area contributed by atoms with Crippen LogP contribution in [-0.4, -0.2) is 82.2 Å². The van der Waals surface area contributed by atoms with Crippen molar-refractivity contribution in [2.75, 3.05) is 45.8 Å². The third kappa shape index (κ3) is 2.96. The van der Waals surface area contributed by atoms with E-state index in [1.165, 1.54) is 0 Å². The molecule has 0 bridgehead atoms. The largest absolute Gasteiger partial charge is 0.339 e. The maximum atomic E-state index is 12.6. The van der Waals surface area contributed by atoms with Gasteiger partial charge in [0, 0.05) is 51.7 Å². The molecule has 1 amide bonds. The van der Waals surface area contributed by atoms with Gasteiger partial charge in [-0.25, -0.2) is 0 Å². The molecular weight excluding hydrogens is 266 g/mol. The molecule has 2 aliphatic rings. The van der Waals surface area contributed by atoms with Gasteiger partial charge >= 0.3 is 0 Å². The van der Waals surface area contributed by atoms with Gasteiger partial charge in [0.15, 0.2) is 0 Å². The van der Waals surface area contributed by atoms with Crippen molar-refractivity contribution in [1.29, 1.82) is 0 Å². The van der Waals surface area contributed by atoms with Gasteiger partial charge in [-0.15, -0.1) is 0 Å². The van der Waals surface area contributed by atoms with Crippen molar-refractivity contribution >= 4 is 5.91 Å². The Labute approximate surface area is 126 Å². The van der Waals surface area contributed by atoms with E-state index >= 15 is 0 Å². The molecule has 0 N–H and O–H groups in total. The predicted octanol–water partition coefficient (Wildman–Crippen LogP) is 0.292. The molecule has 1 atom stereocenters. The van der Waals surface area contributed by atoms with Crippen LogP contribution in [0.4, 0.5) is 0 Å². The number of hydrogen-bond donors (Lipinski definition) is 0. The molecule has 2 aliphatic heterocycles. The van der Waals surface area contributed by atoms with Gasteiger partial charge in [-0.1, -0.05) is 6.92 Å². The molecule has 1 unspecified atom stereocenters. The van der Waals surface area contributed by atoms with Gasteiger partial charge in [0.1, 0.15) is 0 Å². The highest BCUT2D eigenvalue weighted by molar-refractivity contribution is 5.81. The van der Waals surface area contributed by atoms with Gasteiger partial charge in [-0.3, -0.25) is 14.4 Å². The molecule has 1 aromatic rings. The monoisotopic (exact) mass is 291 g/mol. The second-order valence-electron chi connectivity index (χ2n) is 6.03. The lowest BCUT2D eigenvalue weighted by molar-refractivity contribution is -0.140. The number of likely N-dealkylation sites (N-methyl/N-ethyl adjacent to an activating group) is 1. The van der Waals surface area contributed by atoms with E-state index in [1.807, 2.05) is 35.0 Å². The molecule has 1 aromatic heterocycles. The smallest absolute Gasteiger partial charge is 0.239 e. The fourth-order valence-electron chi connectivity index (χ4n) is 3.17. The van der Waals surface area contributed by atoms with E-state index in [0.29, 0.717) is 6.04 Å². The molecule has 3 heterocycles. The summed E-state index contributed by atoms with van der Waals surface area (Å²) in [7, 11) is 0. The van der Waals surface area contributed by atoms with Gasteiger partial charge in [0.05, 0.1) is 12.1 Å². The quantitative estimate of drug-likeness (QED) is 0.800. The van der Waals surface area contributed by atoms with Gasteiger partial charge in [0.2, 0.25) is 5.91 Å². The summed E-state index contributed by atoms with van der Waals surface area (Å²) in [6.45, 7) is 10.9. The van der Waals surface area contributed by atoms with Crippen molar-refractivity contribution in [3.8, 4) is 0 Å². The zero-order valence-corrected chi connectivity index (χ0v) is 13.0. The molecule has 116 valence electrons. The summed E-state index contributed by atoms with van der Waals surface area (Å²) in [4.78, 5) is 19.2. The van der Waals surface area contributed by atoms with Crippen LogP contribution >= 0.6 is 0 Å². The molecule has 0 aliphatic carbocycles. The molecular formula is C15H25N5O. The Morgan fingerprint density at radius 2 is 2.00 bits per heavy atom. The van der Waals surface area contributed by atoms with E-state index < -0.39 is 0 Å². The summed E-state index contributed by atoms with van der Waals surface area (Å²) in [5.41, 5.74) is 0. The number of piperazine rings is 1.